The summed E-state index contributed by atoms with van der Waals surface area (Å²) in [5.74, 6) is 0. The molecule has 1 fully saturated rings. The van der Waals surface area contributed by atoms with Crippen LogP contribution in [0.15, 0.2) is 60.9 Å². The Balaban J connectivity index is 1.96. The van der Waals surface area contributed by atoms with Gasteiger partial charge in [0.2, 0.25) is 0 Å². The zero-order chi connectivity index (χ0) is 17.4. The Kier molecular flexibility index (Phi) is 3.90. The Bertz CT molecular complexity index is 913. The molecule has 0 spiro atoms. The summed E-state index contributed by atoms with van der Waals surface area (Å²) in [6, 6.07) is 15.2. The van der Waals surface area contributed by atoms with E-state index < -0.39 is 7.11 Å². The van der Waals surface area contributed by atoms with Gasteiger partial charge in [-0.25, -0.2) is 0 Å². The normalized spacial score (nSPS) is 15.1. The number of nitrogens with zero attached hydrogens (tertiary/aromatic N) is 2. The number of benzene rings is 2. The van der Waals surface area contributed by atoms with Gasteiger partial charge in [0.25, 0.3) is 0 Å². The summed E-state index contributed by atoms with van der Waals surface area (Å²) < 4.78 is 40.4. The summed E-state index contributed by atoms with van der Waals surface area (Å²) in [4.78, 5) is 2.19. The van der Waals surface area contributed by atoms with Crippen LogP contribution in [-0.4, -0.2) is 20.2 Å². The third-order valence-corrected chi connectivity index (χ3v) is 4.82. The molecule has 1 aliphatic rings. The molecule has 2 nitrogen and oxygen atoms in total. The molecule has 0 bridgehead atoms. The van der Waals surface area contributed by atoms with Crippen LogP contribution in [0.3, 0.4) is 0 Å². The minimum Gasteiger partial charge on any atom is -0.379 e. The second kappa shape index (κ2) is 6.10. The van der Waals surface area contributed by atoms with Crippen LogP contribution in [0.5, 0.6) is 0 Å². The molecule has 2 aromatic carbocycles. The predicted octanol–water partition coefficient (Wildman–Crippen LogP) is 4.59. The first kappa shape index (κ1) is 16.0. The smallest absolute Gasteiger partial charge is 0.379 e. The van der Waals surface area contributed by atoms with Crippen molar-refractivity contribution < 1.29 is 17.4 Å². The van der Waals surface area contributed by atoms with Gasteiger partial charge in [-0.1, -0.05) is 42.5 Å². The summed E-state index contributed by atoms with van der Waals surface area (Å²) in [5, 5.41) is 2.00. The lowest BCUT2D eigenvalue weighted by molar-refractivity contribution is -0.575. The molecule has 0 amide bonds. The SMILES string of the molecule is F[B-](F)(F)[n+]1ccc(N2CCCC2)c(-c2cccc3ccccc23)c1. The van der Waals surface area contributed by atoms with E-state index in [1.807, 2.05) is 42.5 Å². The third kappa shape index (κ3) is 2.97. The number of hydrogen-bond donors (Lipinski definition) is 0. The van der Waals surface area contributed by atoms with Crippen molar-refractivity contribution in [1.29, 1.82) is 0 Å². The van der Waals surface area contributed by atoms with Crippen molar-refractivity contribution in [1.82, 2.24) is 0 Å². The highest BCUT2D eigenvalue weighted by atomic mass is 19.4. The van der Waals surface area contributed by atoms with Crippen molar-refractivity contribution in [3.8, 4) is 11.1 Å². The highest BCUT2D eigenvalue weighted by Crippen LogP contribution is 2.36. The van der Waals surface area contributed by atoms with Crippen molar-refractivity contribution in [3.63, 3.8) is 0 Å². The Morgan fingerprint density at radius 1 is 0.840 bits per heavy atom. The van der Waals surface area contributed by atoms with Crippen molar-refractivity contribution in [2.24, 2.45) is 0 Å². The standard InChI is InChI=1S/C19H18BF3N2/c21-20(22,23)25-13-10-19(24-11-3-4-12-24)18(14-25)17-9-5-7-15-6-1-2-8-16(15)17/h1-2,5-10,13-14H,3-4,11-12H2. The molecule has 1 aromatic heterocycles. The van der Waals surface area contributed by atoms with E-state index in [1.54, 1.807) is 6.07 Å². The van der Waals surface area contributed by atoms with Crippen LogP contribution < -0.4 is 9.38 Å². The molecule has 0 radical (unpaired) electrons. The monoisotopic (exact) mass is 342 g/mol. The van der Waals surface area contributed by atoms with Crippen molar-refractivity contribution >= 4 is 23.6 Å². The molecule has 0 saturated carbocycles. The van der Waals surface area contributed by atoms with E-state index in [0.29, 0.717) is 10.0 Å². The molecule has 0 atom stereocenters. The van der Waals surface area contributed by atoms with E-state index in [0.717, 1.165) is 54.2 Å². The summed E-state index contributed by atoms with van der Waals surface area (Å²) in [5.41, 5.74) is 2.36. The molecular formula is C19H18BF3N2. The van der Waals surface area contributed by atoms with E-state index in [-0.39, 0.29) is 0 Å². The van der Waals surface area contributed by atoms with Gasteiger partial charge in [0.1, 0.15) is 12.4 Å². The Labute approximate surface area is 144 Å². The van der Waals surface area contributed by atoms with Crippen LogP contribution in [0.2, 0.25) is 0 Å². The molecule has 3 aromatic rings. The van der Waals surface area contributed by atoms with Gasteiger partial charge in [0.05, 0.1) is 11.3 Å². The quantitative estimate of drug-likeness (QED) is 0.632. The molecular weight excluding hydrogens is 324 g/mol. The Morgan fingerprint density at radius 2 is 1.56 bits per heavy atom. The van der Waals surface area contributed by atoms with E-state index in [2.05, 4.69) is 4.90 Å². The lowest BCUT2D eigenvalue weighted by Crippen LogP contribution is -2.55. The zero-order valence-electron chi connectivity index (χ0n) is 13.7. The summed E-state index contributed by atoms with van der Waals surface area (Å²) in [7, 11) is -5.10. The van der Waals surface area contributed by atoms with Crippen LogP contribution in [-0.2, 0) is 0 Å². The van der Waals surface area contributed by atoms with Gasteiger partial charge in [-0.2, -0.15) is 0 Å². The number of aromatic nitrogens is 1. The maximum absolute atomic E-state index is 13.3. The van der Waals surface area contributed by atoms with Gasteiger partial charge in [0, 0.05) is 19.2 Å². The van der Waals surface area contributed by atoms with Gasteiger partial charge in [-0.05, 0) is 29.2 Å². The fourth-order valence-corrected chi connectivity index (χ4v) is 3.59. The van der Waals surface area contributed by atoms with Gasteiger partial charge < -0.3 is 22.3 Å². The third-order valence-electron chi connectivity index (χ3n) is 4.82. The summed E-state index contributed by atoms with van der Waals surface area (Å²) in [6.45, 7) is 1.78. The molecule has 0 N–H and O–H groups in total. The number of fused-ring (bicyclic) bond motifs is 1. The van der Waals surface area contributed by atoms with Crippen molar-refractivity contribution in [2.75, 3.05) is 18.0 Å². The number of anilines is 1. The average Bonchev–Trinajstić information content (AvgIpc) is 3.14. The van der Waals surface area contributed by atoms with Crippen LogP contribution in [0.1, 0.15) is 12.8 Å². The number of halogens is 3. The van der Waals surface area contributed by atoms with E-state index in [4.69, 9.17) is 0 Å². The van der Waals surface area contributed by atoms with E-state index >= 15 is 0 Å². The fourth-order valence-electron chi connectivity index (χ4n) is 3.59. The molecule has 25 heavy (non-hydrogen) atoms. The Hall–Kier alpha value is -2.50. The first-order chi connectivity index (χ1) is 12.0. The molecule has 1 saturated heterocycles. The minimum absolute atomic E-state index is 0.399. The maximum atomic E-state index is 13.3. The molecule has 0 aliphatic carbocycles. The zero-order valence-corrected chi connectivity index (χ0v) is 13.7. The Morgan fingerprint density at radius 3 is 2.32 bits per heavy atom. The van der Waals surface area contributed by atoms with E-state index in [9.17, 15) is 12.9 Å². The van der Waals surface area contributed by atoms with Crippen LogP contribution in [0.25, 0.3) is 21.9 Å². The highest BCUT2D eigenvalue weighted by molar-refractivity contribution is 6.48. The molecule has 128 valence electrons. The minimum atomic E-state index is -5.10. The van der Waals surface area contributed by atoms with Gasteiger partial charge in [-0.15, -0.1) is 0 Å². The van der Waals surface area contributed by atoms with Gasteiger partial charge in [0.15, 0.2) is 0 Å². The first-order valence-corrected chi connectivity index (χ1v) is 8.52. The number of rotatable bonds is 3. The summed E-state index contributed by atoms with van der Waals surface area (Å²) in [6.07, 6.45) is 4.54. The van der Waals surface area contributed by atoms with Gasteiger partial charge >= 0.3 is 7.11 Å². The lowest BCUT2D eigenvalue weighted by atomic mass is 9.97. The average molecular weight is 342 g/mol. The van der Waals surface area contributed by atoms with Crippen molar-refractivity contribution in [3.05, 3.63) is 60.9 Å². The van der Waals surface area contributed by atoms with Crippen LogP contribution >= 0.6 is 0 Å². The van der Waals surface area contributed by atoms with Crippen LogP contribution in [0, 0.1) is 0 Å². The molecule has 4 rings (SSSR count). The van der Waals surface area contributed by atoms with Crippen LogP contribution in [0.4, 0.5) is 18.6 Å². The number of pyridine rings is 1. The molecule has 6 heteroatoms. The maximum Gasteiger partial charge on any atom is 0.810 e. The highest BCUT2D eigenvalue weighted by Gasteiger charge is 2.41. The number of hydrogen-bond acceptors (Lipinski definition) is 1. The summed E-state index contributed by atoms with van der Waals surface area (Å²) >= 11 is 0. The fraction of sp³-hybridized carbons (Fsp3) is 0.211. The second-order valence-corrected chi connectivity index (χ2v) is 6.45. The largest absolute Gasteiger partial charge is 0.810 e. The first-order valence-electron chi connectivity index (χ1n) is 8.52. The molecule has 1 aliphatic heterocycles. The molecule has 2 heterocycles. The van der Waals surface area contributed by atoms with E-state index in [1.165, 1.54) is 6.20 Å². The second-order valence-electron chi connectivity index (χ2n) is 6.45. The lowest BCUT2D eigenvalue weighted by Gasteiger charge is -2.22. The predicted molar refractivity (Wildman–Crippen MR) is 95.5 cm³/mol. The van der Waals surface area contributed by atoms with Crippen molar-refractivity contribution in [2.45, 2.75) is 12.8 Å². The molecule has 0 unspecified atom stereocenters. The van der Waals surface area contributed by atoms with Gasteiger partial charge in [-0.3, -0.25) is 0 Å². The topological polar surface area (TPSA) is 7.12 Å².